The molecule has 20 heavy (non-hydrogen) atoms. The number of rotatable bonds is 6. The quantitative estimate of drug-likeness (QED) is 0.492. The van der Waals surface area contributed by atoms with Crippen LogP contribution in [0.15, 0.2) is 30.4 Å². The fourth-order valence-corrected chi connectivity index (χ4v) is 1.50. The van der Waals surface area contributed by atoms with Gasteiger partial charge >= 0.3 is 5.69 Å². The summed E-state index contributed by atoms with van der Waals surface area (Å²) in [5, 5.41) is 14.3. The zero-order valence-electron chi connectivity index (χ0n) is 12.5. The number of benzene rings is 1. The lowest BCUT2D eigenvalue weighted by Gasteiger charge is -2.20. The van der Waals surface area contributed by atoms with Crippen molar-refractivity contribution in [2.24, 2.45) is 0 Å². The van der Waals surface area contributed by atoms with Gasteiger partial charge in [-0.05, 0) is 44.9 Å². The van der Waals surface area contributed by atoms with Crippen LogP contribution in [0, 0.1) is 10.1 Å². The van der Waals surface area contributed by atoms with E-state index in [0.717, 1.165) is 11.1 Å². The Labute approximate surface area is 119 Å². The van der Waals surface area contributed by atoms with Crippen molar-refractivity contribution >= 4 is 5.69 Å². The monoisotopic (exact) mass is 278 g/mol. The van der Waals surface area contributed by atoms with Gasteiger partial charge in [-0.1, -0.05) is 12.6 Å². The lowest BCUT2D eigenvalue weighted by Crippen LogP contribution is -2.35. The van der Waals surface area contributed by atoms with E-state index in [1.54, 1.807) is 12.1 Å². The van der Waals surface area contributed by atoms with Crippen molar-refractivity contribution in [2.75, 3.05) is 6.61 Å². The second kappa shape index (κ2) is 6.52. The third kappa shape index (κ3) is 5.40. The SMILES string of the molecule is C=C(C)COc1cc(CNC(C)(C)C)ccc1[N+](=O)[O-]. The first-order chi connectivity index (χ1) is 9.19. The van der Waals surface area contributed by atoms with E-state index in [9.17, 15) is 10.1 Å². The molecule has 1 N–H and O–H groups in total. The van der Waals surface area contributed by atoms with E-state index in [-0.39, 0.29) is 23.6 Å². The highest BCUT2D eigenvalue weighted by Crippen LogP contribution is 2.28. The maximum Gasteiger partial charge on any atom is 0.310 e. The zero-order valence-corrected chi connectivity index (χ0v) is 12.5. The summed E-state index contributed by atoms with van der Waals surface area (Å²) in [7, 11) is 0. The summed E-state index contributed by atoms with van der Waals surface area (Å²) in [4.78, 5) is 10.5. The third-order valence-electron chi connectivity index (χ3n) is 2.52. The molecular formula is C15H22N2O3. The summed E-state index contributed by atoms with van der Waals surface area (Å²) in [6, 6.07) is 4.93. The molecule has 0 heterocycles. The van der Waals surface area contributed by atoms with Gasteiger partial charge < -0.3 is 10.1 Å². The van der Waals surface area contributed by atoms with Crippen LogP contribution in [0.25, 0.3) is 0 Å². The molecule has 5 nitrogen and oxygen atoms in total. The molecule has 1 aromatic rings. The molecule has 110 valence electrons. The second-order valence-corrected chi connectivity index (χ2v) is 5.91. The molecule has 0 saturated heterocycles. The molecule has 0 unspecified atom stereocenters. The van der Waals surface area contributed by atoms with Crippen LogP contribution in [0.3, 0.4) is 0 Å². The first-order valence-corrected chi connectivity index (χ1v) is 6.48. The fourth-order valence-electron chi connectivity index (χ4n) is 1.50. The van der Waals surface area contributed by atoms with Gasteiger partial charge in [0.05, 0.1) is 4.92 Å². The first-order valence-electron chi connectivity index (χ1n) is 6.48. The number of hydrogen-bond acceptors (Lipinski definition) is 4. The number of nitro benzene ring substituents is 1. The summed E-state index contributed by atoms with van der Waals surface area (Å²) < 4.78 is 5.46. The van der Waals surface area contributed by atoms with Crippen LogP contribution in [-0.4, -0.2) is 17.1 Å². The van der Waals surface area contributed by atoms with E-state index in [4.69, 9.17) is 4.74 Å². The van der Waals surface area contributed by atoms with Crippen molar-refractivity contribution in [3.05, 3.63) is 46.0 Å². The molecule has 0 aromatic heterocycles. The molecule has 1 rings (SSSR count). The molecular weight excluding hydrogens is 256 g/mol. The lowest BCUT2D eigenvalue weighted by atomic mass is 10.1. The maximum absolute atomic E-state index is 11.0. The molecule has 0 atom stereocenters. The largest absolute Gasteiger partial charge is 0.482 e. The molecule has 0 aliphatic rings. The minimum absolute atomic E-state index is 0.0134. The molecule has 5 heteroatoms. The first kappa shape index (κ1) is 16.2. The summed E-state index contributed by atoms with van der Waals surface area (Å²) in [6.07, 6.45) is 0. The van der Waals surface area contributed by atoms with E-state index in [1.165, 1.54) is 6.07 Å². The van der Waals surface area contributed by atoms with Gasteiger partial charge in [-0.2, -0.15) is 0 Å². The van der Waals surface area contributed by atoms with Crippen LogP contribution in [0.4, 0.5) is 5.69 Å². The zero-order chi connectivity index (χ0) is 15.3. The molecule has 0 amide bonds. The maximum atomic E-state index is 11.0. The molecule has 0 saturated carbocycles. The highest BCUT2D eigenvalue weighted by molar-refractivity contribution is 5.48. The minimum Gasteiger partial charge on any atom is -0.482 e. The Morgan fingerprint density at radius 2 is 2.10 bits per heavy atom. The van der Waals surface area contributed by atoms with Crippen LogP contribution < -0.4 is 10.1 Å². The van der Waals surface area contributed by atoms with Crippen LogP contribution >= 0.6 is 0 Å². The molecule has 0 radical (unpaired) electrons. The smallest absolute Gasteiger partial charge is 0.310 e. The summed E-state index contributed by atoms with van der Waals surface area (Å²) >= 11 is 0. The molecule has 1 aromatic carbocycles. The van der Waals surface area contributed by atoms with Crippen molar-refractivity contribution in [1.29, 1.82) is 0 Å². The number of hydrogen-bond donors (Lipinski definition) is 1. The Balaban J connectivity index is 2.92. The van der Waals surface area contributed by atoms with Gasteiger partial charge in [0.15, 0.2) is 5.75 Å². The Kier molecular flexibility index (Phi) is 5.27. The van der Waals surface area contributed by atoms with Crippen LogP contribution in [-0.2, 0) is 6.54 Å². The van der Waals surface area contributed by atoms with Gasteiger partial charge in [-0.25, -0.2) is 0 Å². The van der Waals surface area contributed by atoms with E-state index in [1.807, 2.05) is 6.92 Å². The topological polar surface area (TPSA) is 64.4 Å². The van der Waals surface area contributed by atoms with Crippen LogP contribution in [0.2, 0.25) is 0 Å². The number of ether oxygens (including phenoxy) is 1. The van der Waals surface area contributed by atoms with Crippen molar-refractivity contribution in [3.8, 4) is 5.75 Å². The van der Waals surface area contributed by atoms with Crippen molar-refractivity contribution in [2.45, 2.75) is 39.8 Å². The van der Waals surface area contributed by atoms with Crippen molar-refractivity contribution < 1.29 is 9.66 Å². The predicted octanol–water partition coefficient (Wildman–Crippen LogP) is 3.44. The Hall–Kier alpha value is -1.88. The summed E-state index contributed by atoms with van der Waals surface area (Å²) in [6.45, 7) is 12.6. The Morgan fingerprint density at radius 3 is 2.60 bits per heavy atom. The Morgan fingerprint density at radius 1 is 1.45 bits per heavy atom. The fraction of sp³-hybridized carbons (Fsp3) is 0.467. The normalized spacial score (nSPS) is 11.2. The molecule has 0 fully saturated rings. The van der Waals surface area contributed by atoms with Gasteiger partial charge in [0.1, 0.15) is 6.61 Å². The van der Waals surface area contributed by atoms with Crippen LogP contribution in [0.1, 0.15) is 33.3 Å². The van der Waals surface area contributed by atoms with Gasteiger partial charge in [-0.15, -0.1) is 0 Å². The number of nitrogens with zero attached hydrogens (tertiary/aromatic N) is 1. The predicted molar refractivity (Wildman–Crippen MR) is 80.0 cm³/mol. The average molecular weight is 278 g/mol. The molecule has 0 spiro atoms. The van der Waals surface area contributed by atoms with Gasteiger partial charge in [-0.3, -0.25) is 10.1 Å². The van der Waals surface area contributed by atoms with E-state index < -0.39 is 4.92 Å². The van der Waals surface area contributed by atoms with Crippen LogP contribution in [0.5, 0.6) is 5.75 Å². The van der Waals surface area contributed by atoms with Gasteiger partial charge in [0.25, 0.3) is 0 Å². The van der Waals surface area contributed by atoms with Crippen molar-refractivity contribution in [3.63, 3.8) is 0 Å². The molecule has 0 bridgehead atoms. The number of nitro groups is 1. The summed E-state index contributed by atoms with van der Waals surface area (Å²) in [5.74, 6) is 0.284. The standard InChI is InChI=1S/C15H22N2O3/c1-11(2)10-20-14-8-12(9-16-15(3,4)5)6-7-13(14)17(18)19/h6-8,16H,1,9-10H2,2-5H3. The van der Waals surface area contributed by atoms with Gasteiger partial charge in [0, 0.05) is 18.2 Å². The minimum atomic E-state index is -0.436. The third-order valence-corrected chi connectivity index (χ3v) is 2.52. The van der Waals surface area contributed by atoms with E-state index >= 15 is 0 Å². The second-order valence-electron chi connectivity index (χ2n) is 5.91. The number of nitrogens with one attached hydrogen (secondary N) is 1. The lowest BCUT2D eigenvalue weighted by molar-refractivity contribution is -0.385. The summed E-state index contributed by atoms with van der Waals surface area (Å²) in [5.41, 5.74) is 1.73. The molecule has 0 aliphatic heterocycles. The van der Waals surface area contributed by atoms with Crippen molar-refractivity contribution in [1.82, 2.24) is 5.32 Å². The highest BCUT2D eigenvalue weighted by Gasteiger charge is 2.16. The van der Waals surface area contributed by atoms with E-state index in [0.29, 0.717) is 6.54 Å². The van der Waals surface area contributed by atoms with Gasteiger partial charge in [0.2, 0.25) is 0 Å². The van der Waals surface area contributed by atoms with E-state index in [2.05, 4.69) is 32.7 Å². The Bertz CT molecular complexity index is 504. The highest BCUT2D eigenvalue weighted by atomic mass is 16.6. The average Bonchev–Trinajstić information content (AvgIpc) is 2.32. The molecule has 0 aliphatic carbocycles.